The van der Waals surface area contributed by atoms with Crippen LogP contribution in [0.4, 0.5) is 0 Å². The van der Waals surface area contributed by atoms with E-state index in [2.05, 4.69) is 15.2 Å². The molecule has 8 nitrogen and oxygen atoms in total. The summed E-state index contributed by atoms with van der Waals surface area (Å²) in [6, 6.07) is 3.50. The van der Waals surface area contributed by atoms with Crippen LogP contribution in [0, 0.1) is 0 Å². The standard InChI is InChI=1S/C14H13N5O3/c20-14-18(10-1-4-15-5-2-10)9-16-19(14)7-12-11-8-21-6-3-13(11)22-17-12/h1-2,4-5,9H,3,6-8H2. The van der Waals surface area contributed by atoms with Crippen LogP contribution in [0.3, 0.4) is 0 Å². The van der Waals surface area contributed by atoms with E-state index >= 15 is 0 Å². The van der Waals surface area contributed by atoms with Gasteiger partial charge in [0, 0.05) is 24.4 Å². The summed E-state index contributed by atoms with van der Waals surface area (Å²) >= 11 is 0. The molecular formula is C14H13N5O3. The van der Waals surface area contributed by atoms with Crippen LogP contribution in [0.2, 0.25) is 0 Å². The maximum atomic E-state index is 12.4. The fraction of sp³-hybridized carbons (Fsp3) is 0.286. The Morgan fingerprint density at radius 2 is 2.14 bits per heavy atom. The summed E-state index contributed by atoms with van der Waals surface area (Å²) in [6.07, 6.45) is 5.46. The van der Waals surface area contributed by atoms with Crippen LogP contribution in [-0.4, -0.2) is 31.1 Å². The molecule has 1 aliphatic heterocycles. The lowest BCUT2D eigenvalue weighted by Gasteiger charge is -2.10. The van der Waals surface area contributed by atoms with Crippen LogP contribution in [0.5, 0.6) is 0 Å². The fourth-order valence-corrected chi connectivity index (χ4v) is 2.47. The van der Waals surface area contributed by atoms with Crippen molar-refractivity contribution in [2.75, 3.05) is 6.61 Å². The predicted octanol–water partition coefficient (Wildman–Crippen LogP) is 0.538. The van der Waals surface area contributed by atoms with Gasteiger partial charge in [0.1, 0.15) is 17.8 Å². The molecule has 0 unspecified atom stereocenters. The highest BCUT2D eigenvalue weighted by atomic mass is 16.5. The van der Waals surface area contributed by atoms with Crippen molar-refractivity contribution in [2.24, 2.45) is 0 Å². The molecule has 112 valence electrons. The SMILES string of the molecule is O=c1n(-c2ccncc2)cnn1Cc1noc2c1COCC2. The first-order chi connectivity index (χ1) is 10.8. The molecule has 4 heterocycles. The number of pyridine rings is 1. The molecule has 0 amide bonds. The molecule has 3 aromatic heterocycles. The second-order valence-corrected chi connectivity index (χ2v) is 4.98. The predicted molar refractivity (Wildman–Crippen MR) is 74.6 cm³/mol. The lowest BCUT2D eigenvalue weighted by molar-refractivity contribution is 0.102. The Bertz CT molecular complexity index is 849. The Labute approximate surface area is 124 Å². The first-order valence-electron chi connectivity index (χ1n) is 6.92. The molecule has 0 saturated carbocycles. The molecule has 0 atom stereocenters. The average Bonchev–Trinajstić information content (AvgIpc) is 3.14. The van der Waals surface area contributed by atoms with E-state index in [-0.39, 0.29) is 12.2 Å². The van der Waals surface area contributed by atoms with Crippen LogP contribution >= 0.6 is 0 Å². The van der Waals surface area contributed by atoms with E-state index in [1.54, 1.807) is 24.5 Å². The van der Waals surface area contributed by atoms with Gasteiger partial charge in [-0.15, -0.1) is 0 Å². The minimum atomic E-state index is -0.236. The van der Waals surface area contributed by atoms with E-state index in [9.17, 15) is 4.79 Å². The quantitative estimate of drug-likeness (QED) is 0.701. The van der Waals surface area contributed by atoms with Gasteiger partial charge in [0.2, 0.25) is 0 Å². The summed E-state index contributed by atoms with van der Waals surface area (Å²) in [7, 11) is 0. The van der Waals surface area contributed by atoms with Gasteiger partial charge in [0.15, 0.2) is 0 Å². The van der Waals surface area contributed by atoms with Crippen LogP contribution in [0.15, 0.2) is 40.2 Å². The van der Waals surface area contributed by atoms with E-state index in [1.807, 2.05) is 0 Å². The summed E-state index contributed by atoms with van der Waals surface area (Å²) in [4.78, 5) is 16.4. The van der Waals surface area contributed by atoms with Gasteiger partial charge in [-0.25, -0.2) is 14.0 Å². The molecule has 0 spiro atoms. The second kappa shape index (κ2) is 5.23. The zero-order chi connectivity index (χ0) is 14.9. The smallest absolute Gasteiger partial charge is 0.350 e. The van der Waals surface area contributed by atoms with Crippen molar-refractivity contribution in [3.05, 3.63) is 58.4 Å². The van der Waals surface area contributed by atoms with Gasteiger partial charge in [0.25, 0.3) is 0 Å². The zero-order valence-corrected chi connectivity index (χ0v) is 11.7. The first-order valence-corrected chi connectivity index (χ1v) is 6.92. The van der Waals surface area contributed by atoms with E-state index < -0.39 is 0 Å². The third-order valence-electron chi connectivity index (χ3n) is 3.64. The van der Waals surface area contributed by atoms with Gasteiger partial charge < -0.3 is 9.26 Å². The van der Waals surface area contributed by atoms with Crippen molar-refractivity contribution in [2.45, 2.75) is 19.6 Å². The molecule has 0 radical (unpaired) electrons. The lowest BCUT2D eigenvalue weighted by atomic mass is 10.1. The molecule has 0 aromatic carbocycles. The maximum Gasteiger partial charge on any atom is 0.350 e. The maximum absolute atomic E-state index is 12.4. The summed E-state index contributed by atoms with van der Waals surface area (Å²) in [5.74, 6) is 0.836. The molecule has 1 aliphatic rings. The van der Waals surface area contributed by atoms with Crippen molar-refractivity contribution in [3.8, 4) is 5.69 Å². The molecular weight excluding hydrogens is 286 g/mol. The molecule has 0 aliphatic carbocycles. The van der Waals surface area contributed by atoms with Crippen LogP contribution in [0.1, 0.15) is 17.0 Å². The molecule has 8 heteroatoms. The lowest BCUT2D eigenvalue weighted by Crippen LogP contribution is -2.25. The van der Waals surface area contributed by atoms with E-state index in [1.165, 1.54) is 15.6 Å². The van der Waals surface area contributed by atoms with Gasteiger partial charge >= 0.3 is 5.69 Å². The summed E-state index contributed by atoms with van der Waals surface area (Å²) in [5, 5.41) is 8.18. The molecule has 0 saturated heterocycles. The number of nitrogens with zero attached hydrogens (tertiary/aromatic N) is 5. The third kappa shape index (κ3) is 2.13. The Kier molecular flexibility index (Phi) is 3.08. The number of aromatic nitrogens is 5. The molecule has 4 rings (SSSR count). The second-order valence-electron chi connectivity index (χ2n) is 4.98. The van der Waals surface area contributed by atoms with Gasteiger partial charge in [-0.05, 0) is 12.1 Å². The fourth-order valence-electron chi connectivity index (χ4n) is 2.47. The molecule has 22 heavy (non-hydrogen) atoms. The third-order valence-corrected chi connectivity index (χ3v) is 3.64. The van der Waals surface area contributed by atoms with Gasteiger partial charge in [-0.3, -0.25) is 4.98 Å². The molecule has 0 bridgehead atoms. The van der Waals surface area contributed by atoms with Gasteiger partial charge in [0.05, 0.1) is 25.4 Å². The van der Waals surface area contributed by atoms with Crippen LogP contribution in [0.25, 0.3) is 5.69 Å². The Morgan fingerprint density at radius 1 is 1.27 bits per heavy atom. The number of fused-ring (bicyclic) bond motifs is 1. The highest BCUT2D eigenvalue weighted by Gasteiger charge is 2.21. The highest BCUT2D eigenvalue weighted by Crippen LogP contribution is 2.20. The van der Waals surface area contributed by atoms with Crippen molar-refractivity contribution < 1.29 is 9.26 Å². The van der Waals surface area contributed by atoms with E-state index in [0.29, 0.717) is 25.3 Å². The summed E-state index contributed by atoms with van der Waals surface area (Å²) in [6.45, 7) is 1.37. The molecule has 3 aromatic rings. The van der Waals surface area contributed by atoms with E-state index in [4.69, 9.17) is 9.26 Å². The number of hydrogen-bond acceptors (Lipinski definition) is 6. The van der Waals surface area contributed by atoms with E-state index in [0.717, 1.165) is 17.0 Å². The Balaban J connectivity index is 1.66. The summed E-state index contributed by atoms with van der Waals surface area (Å²) in [5.41, 5.74) is 2.10. The minimum Gasteiger partial charge on any atom is -0.376 e. The largest absolute Gasteiger partial charge is 0.376 e. The monoisotopic (exact) mass is 299 g/mol. The number of rotatable bonds is 3. The summed E-state index contributed by atoms with van der Waals surface area (Å²) < 4.78 is 13.5. The van der Waals surface area contributed by atoms with Crippen LogP contribution < -0.4 is 5.69 Å². The average molecular weight is 299 g/mol. The molecule has 0 N–H and O–H groups in total. The van der Waals surface area contributed by atoms with Crippen molar-refractivity contribution >= 4 is 0 Å². The zero-order valence-electron chi connectivity index (χ0n) is 11.7. The van der Waals surface area contributed by atoms with Crippen LogP contribution in [-0.2, 0) is 24.3 Å². The van der Waals surface area contributed by atoms with Crippen molar-refractivity contribution in [1.82, 2.24) is 24.5 Å². The number of hydrogen-bond donors (Lipinski definition) is 0. The van der Waals surface area contributed by atoms with Gasteiger partial charge in [-0.1, -0.05) is 5.16 Å². The Hall–Kier alpha value is -2.74. The Morgan fingerprint density at radius 3 is 3.00 bits per heavy atom. The van der Waals surface area contributed by atoms with Gasteiger partial charge in [-0.2, -0.15) is 5.10 Å². The van der Waals surface area contributed by atoms with Crippen molar-refractivity contribution in [3.63, 3.8) is 0 Å². The normalized spacial score (nSPS) is 14.0. The minimum absolute atomic E-state index is 0.236. The first kappa shape index (κ1) is 13.0. The number of ether oxygens (including phenoxy) is 1. The topological polar surface area (TPSA) is 88.0 Å². The van der Waals surface area contributed by atoms with Crippen molar-refractivity contribution in [1.29, 1.82) is 0 Å². The highest BCUT2D eigenvalue weighted by molar-refractivity contribution is 5.28. The molecule has 0 fully saturated rings.